The fourth-order valence-electron chi connectivity index (χ4n) is 2.91. The number of H-pyrrole nitrogens is 1. The Morgan fingerprint density at radius 3 is 2.56 bits per heavy atom. The Balaban J connectivity index is 1.78. The number of aromatic nitrogens is 3. The van der Waals surface area contributed by atoms with E-state index in [1.54, 1.807) is 38.1 Å². The molecule has 0 aliphatic heterocycles. The third-order valence-electron chi connectivity index (χ3n) is 4.21. The summed E-state index contributed by atoms with van der Waals surface area (Å²) >= 11 is 0. The molecule has 0 spiro atoms. The molecule has 8 heteroatoms. The molecule has 2 heterocycles. The lowest BCUT2D eigenvalue weighted by Crippen LogP contribution is -2.14. The van der Waals surface area contributed by atoms with Gasteiger partial charge in [0.1, 0.15) is 4.90 Å². The van der Waals surface area contributed by atoms with E-state index in [1.165, 1.54) is 0 Å². The minimum Gasteiger partial charge on any atom is -0.361 e. The second kappa shape index (κ2) is 5.73. The van der Waals surface area contributed by atoms with Crippen LogP contribution in [0, 0.1) is 13.8 Å². The third kappa shape index (κ3) is 2.93. The van der Waals surface area contributed by atoms with Crippen molar-refractivity contribution in [3.63, 3.8) is 0 Å². The van der Waals surface area contributed by atoms with Crippen LogP contribution in [-0.2, 0) is 10.0 Å². The summed E-state index contributed by atoms with van der Waals surface area (Å²) in [6, 6.07) is 8.77. The van der Waals surface area contributed by atoms with Crippen LogP contribution in [0.5, 0.6) is 0 Å². The van der Waals surface area contributed by atoms with Gasteiger partial charge in [-0.05, 0) is 38.8 Å². The first-order valence-electron chi connectivity index (χ1n) is 8.06. The molecule has 2 N–H and O–H groups in total. The third-order valence-corrected chi connectivity index (χ3v) is 5.76. The van der Waals surface area contributed by atoms with E-state index in [4.69, 9.17) is 4.52 Å². The Labute approximate surface area is 145 Å². The van der Waals surface area contributed by atoms with Gasteiger partial charge in [-0.2, -0.15) is 4.98 Å². The maximum absolute atomic E-state index is 13.0. The number of para-hydroxylation sites is 1. The first-order chi connectivity index (χ1) is 12.0. The molecule has 0 bridgehead atoms. The van der Waals surface area contributed by atoms with Crippen molar-refractivity contribution in [2.75, 3.05) is 4.72 Å². The summed E-state index contributed by atoms with van der Waals surface area (Å²) < 4.78 is 33.9. The van der Waals surface area contributed by atoms with Crippen LogP contribution >= 0.6 is 0 Å². The molecule has 2 aromatic heterocycles. The van der Waals surface area contributed by atoms with Gasteiger partial charge in [-0.3, -0.25) is 4.72 Å². The Hall–Kier alpha value is -2.61. The molecule has 0 unspecified atom stereocenters. The average Bonchev–Trinajstić information content (AvgIpc) is 3.21. The van der Waals surface area contributed by atoms with Gasteiger partial charge in [0.2, 0.25) is 0 Å². The molecular weight excluding hydrogens is 340 g/mol. The number of hydrogen-bond acceptors (Lipinski definition) is 5. The van der Waals surface area contributed by atoms with E-state index in [-0.39, 0.29) is 10.8 Å². The van der Waals surface area contributed by atoms with Gasteiger partial charge in [-0.1, -0.05) is 23.4 Å². The van der Waals surface area contributed by atoms with Crippen molar-refractivity contribution < 1.29 is 12.9 Å². The summed E-state index contributed by atoms with van der Waals surface area (Å²) in [6.45, 7) is 3.51. The van der Waals surface area contributed by atoms with Crippen molar-refractivity contribution in [2.45, 2.75) is 37.5 Å². The molecular formula is C17H18N4O3S. The van der Waals surface area contributed by atoms with Crippen LogP contribution in [0.3, 0.4) is 0 Å². The van der Waals surface area contributed by atoms with Gasteiger partial charge in [-0.25, -0.2) is 8.42 Å². The van der Waals surface area contributed by atoms with Crippen molar-refractivity contribution in [3.8, 4) is 11.5 Å². The number of hydrogen-bond donors (Lipinski definition) is 2. The topological polar surface area (TPSA) is 101 Å². The molecule has 0 saturated heterocycles. The lowest BCUT2D eigenvalue weighted by molar-refractivity contribution is 0.421. The number of sulfonamides is 1. The zero-order valence-corrected chi connectivity index (χ0v) is 14.7. The van der Waals surface area contributed by atoms with Crippen LogP contribution in [0.1, 0.15) is 36.0 Å². The number of anilines is 1. The summed E-state index contributed by atoms with van der Waals surface area (Å²) in [4.78, 5) is 7.62. The molecule has 1 aliphatic carbocycles. The smallest absolute Gasteiger partial charge is 0.264 e. The molecule has 3 aromatic rings. The first-order valence-corrected chi connectivity index (χ1v) is 9.55. The standard InChI is InChI=1S/C17H18N4O3S/c1-10-14(17-19-16(20-24-17)12-8-9-12)15(11(2)18-10)25(22,23)21-13-6-4-3-5-7-13/h3-7,12,18,21H,8-9H2,1-2H3. The SMILES string of the molecule is Cc1[nH]c(C)c(S(=O)(=O)Nc2ccccc2)c1-c1nc(C2CC2)no1. The number of aromatic amines is 1. The Morgan fingerprint density at radius 2 is 1.88 bits per heavy atom. The molecule has 25 heavy (non-hydrogen) atoms. The fourth-order valence-corrected chi connectivity index (χ4v) is 4.42. The second-order valence-corrected chi connectivity index (χ2v) is 7.90. The van der Waals surface area contributed by atoms with Crippen LogP contribution in [0.2, 0.25) is 0 Å². The molecule has 4 rings (SSSR count). The van der Waals surface area contributed by atoms with Crippen molar-refractivity contribution in [1.82, 2.24) is 15.1 Å². The van der Waals surface area contributed by atoms with Gasteiger partial charge >= 0.3 is 0 Å². The maximum Gasteiger partial charge on any atom is 0.264 e. The first kappa shape index (κ1) is 15.9. The highest BCUT2D eigenvalue weighted by Crippen LogP contribution is 2.40. The maximum atomic E-state index is 13.0. The molecule has 1 aliphatic rings. The summed E-state index contributed by atoms with van der Waals surface area (Å²) in [6.07, 6.45) is 2.09. The minimum atomic E-state index is -3.81. The highest BCUT2D eigenvalue weighted by Gasteiger charge is 2.32. The van der Waals surface area contributed by atoms with E-state index in [1.807, 2.05) is 6.07 Å². The van der Waals surface area contributed by atoms with Crippen LogP contribution in [0.25, 0.3) is 11.5 Å². The van der Waals surface area contributed by atoms with Crippen molar-refractivity contribution in [1.29, 1.82) is 0 Å². The highest BCUT2D eigenvalue weighted by molar-refractivity contribution is 7.93. The zero-order valence-electron chi connectivity index (χ0n) is 13.9. The Bertz CT molecular complexity index is 1020. The predicted molar refractivity (Wildman–Crippen MR) is 92.8 cm³/mol. The molecule has 0 amide bonds. The lowest BCUT2D eigenvalue weighted by atomic mass is 10.2. The molecule has 1 saturated carbocycles. The van der Waals surface area contributed by atoms with E-state index in [2.05, 4.69) is 19.8 Å². The number of rotatable bonds is 5. The summed E-state index contributed by atoms with van der Waals surface area (Å²) in [5.41, 5.74) is 2.13. The monoisotopic (exact) mass is 358 g/mol. The quantitative estimate of drug-likeness (QED) is 0.728. The van der Waals surface area contributed by atoms with Gasteiger partial charge in [0, 0.05) is 23.0 Å². The molecule has 0 radical (unpaired) electrons. The fraction of sp³-hybridized carbons (Fsp3) is 0.294. The summed E-state index contributed by atoms with van der Waals surface area (Å²) in [5.74, 6) is 1.21. The van der Waals surface area contributed by atoms with Gasteiger partial charge < -0.3 is 9.51 Å². The number of nitrogens with zero attached hydrogens (tertiary/aromatic N) is 2. The van der Waals surface area contributed by atoms with E-state index in [0.29, 0.717) is 34.4 Å². The van der Waals surface area contributed by atoms with Crippen LogP contribution < -0.4 is 4.72 Å². The number of nitrogens with one attached hydrogen (secondary N) is 2. The molecule has 7 nitrogen and oxygen atoms in total. The average molecular weight is 358 g/mol. The molecule has 1 aromatic carbocycles. The van der Waals surface area contributed by atoms with Gasteiger partial charge in [0.25, 0.3) is 15.9 Å². The molecule has 1 fully saturated rings. The number of benzene rings is 1. The normalized spacial score (nSPS) is 14.6. The highest BCUT2D eigenvalue weighted by atomic mass is 32.2. The largest absolute Gasteiger partial charge is 0.361 e. The van der Waals surface area contributed by atoms with Crippen LogP contribution in [0.4, 0.5) is 5.69 Å². The van der Waals surface area contributed by atoms with E-state index < -0.39 is 10.0 Å². The number of aryl methyl sites for hydroxylation is 2. The van der Waals surface area contributed by atoms with E-state index >= 15 is 0 Å². The lowest BCUT2D eigenvalue weighted by Gasteiger charge is -2.09. The summed E-state index contributed by atoms with van der Waals surface area (Å²) in [7, 11) is -3.81. The molecule has 0 atom stereocenters. The predicted octanol–water partition coefficient (Wildman–Crippen LogP) is 3.36. The van der Waals surface area contributed by atoms with Crippen molar-refractivity contribution in [3.05, 3.63) is 47.5 Å². The van der Waals surface area contributed by atoms with E-state index in [9.17, 15) is 8.42 Å². The van der Waals surface area contributed by atoms with Crippen LogP contribution in [0.15, 0.2) is 39.8 Å². The van der Waals surface area contributed by atoms with Gasteiger partial charge in [0.15, 0.2) is 5.82 Å². The van der Waals surface area contributed by atoms with E-state index in [0.717, 1.165) is 12.8 Å². The zero-order chi connectivity index (χ0) is 17.6. The summed E-state index contributed by atoms with van der Waals surface area (Å²) in [5, 5.41) is 4.00. The van der Waals surface area contributed by atoms with Gasteiger partial charge in [-0.15, -0.1) is 0 Å². The van der Waals surface area contributed by atoms with Crippen molar-refractivity contribution >= 4 is 15.7 Å². The Morgan fingerprint density at radius 1 is 1.16 bits per heavy atom. The minimum absolute atomic E-state index is 0.139. The Kier molecular flexibility index (Phi) is 3.64. The second-order valence-electron chi connectivity index (χ2n) is 6.28. The molecule has 130 valence electrons. The van der Waals surface area contributed by atoms with Crippen LogP contribution in [-0.4, -0.2) is 23.5 Å². The van der Waals surface area contributed by atoms with Gasteiger partial charge in [0.05, 0.1) is 5.56 Å². The van der Waals surface area contributed by atoms with Crippen molar-refractivity contribution in [2.24, 2.45) is 0 Å².